The third kappa shape index (κ3) is 3.87. The molecule has 1 aliphatic carbocycles. The third-order valence-electron chi connectivity index (χ3n) is 6.20. The number of piperazine rings is 1. The Morgan fingerprint density at radius 2 is 1.79 bits per heavy atom. The fourth-order valence-electron chi connectivity index (χ4n) is 4.44. The van der Waals surface area contributed by atoms with E-state index in [0.717, 1.165) is 43.4 Å². The van der Waals surface area contributed by atoms with E-state index in [0.29, 0.717) is 12.0 Å². The Morgan fingerprint density at radius 1 is 1.03 bits per heavy atom. The Kier molecular flexibility index (Phi) is 4.97. The SMILES string of the molecule is CN1CCN(c2ccc(Nc3ncc4c(n3)N(C3CCCC3)C=CN4)cc2)CC1. The molecule has 1 saturated heterocycles. The van der Waals surface area contributed by atoms with E-state index >= 15 is 0 Å². The topological polar surface area (TPSA) is 59.6 Å². The molecule has 152 valence electrons. The van der Waals surface area contributed by atoms with Crippen LogP contribution in [0.3, 0.4) is 0 Å². The zero-order valence-corrected chi connectivity index (χ0v) is 17.0. The van der Waals surface area contributed by atoms with Crippen LogP contribution >= 0.6 is 0 Å². The van der Waals surface area contributed by atoms with E-state index in [1.165, 1.54) is 31.4 Å². The molecule has 0 bridgehead atoms. The Labute approximate surface area is 172 Å². The van der Waals surface area contributed by atoms with Crippen LogP contribution < -0.4 is 20.4 Å². The van der Waals surface area contributed by atoms with Gasteiger partial charge in [-0.2, -0.15) is 4.98 Å². The molecule has 3 heterocycles. The Hall–Kier alpha value is -2.80. The average molecular weight is 392 g/mol. The summed E-state index contributed by atoms with van der Waals surface area (Å²) in [7, 11) is 2.18. The van der Waals surface area contributed by atoms with Crippen molar-refractivity contribution in [3.05, 3.63) is 42.9 Å². The number of likely N-dealkylation sites (N-methyl/N-ethyl adjacent to an activating group) is 1. The first-order chi connectivity index (χ1) is 14.3. The molecule has 2 aromatic rings. The van der Waals surface area contributed by atoms with Gasteiger partial charge < -0.3 is 25.3 Å². The first-order valence-corrected chi connectivity index (χ1v) is 10.7. The van der Waals surface area contributed by atoms with Crippen LogP contribution in [0.4, 0.5) is 28.8 Å². The molecular weight excluding hydrogens is 362 g/mol. The number of fused-ring (bicyclic) bond motifs is 1. The lowest BCUT2D eigenvalue weighted by atomic mass is 10.2. The summed E-state index contributed by atoms with van der Waals surface area (Å²) in [4.78, 5) is 16.5. The highest BCUT2D eigenvalue weighted by Crippen LogP contribution is 2.34. The van der Waals surface area contributed by atoms with Crippen LogP contribution in [0.5, 0.6) is 0 Å². The molecule has 3 aliphatic rings. The zero-order chi connectivity index (χ0) is 19.6. The normalized spacial score (nSPS) is 19.9. The van der Waals surface area contributed by atoms with Gasteiger partial charge in [-0.1, -0.05) is 12.8 Å². The molecule has 0 unspecified atom stereocenters. The highest BCUT2D eigenvalue weighted by molar-refractivity contribution is 5.72. The van der Waals surface area contributed by atoms with E-state index in [1.54, 1.807) is 0 Å². The van der Waals surface area contributed by atoms with Gasteiger partial charge >= 0.3 is 0 Å². The molecule has 0 spiro atoms. The minimum Gasteiger partial charge on any atom is -0.369 e. The molecule has 1 aromatic carbocycles. The molecule has 1 aromatic heterocycles. The molecule has 0 amide bonds. The molecule has 0 radical (unpaired) electrons. The monoisotopic (exact) mass is 391 g/mol. The van der Waals surface area contributed by atoms with Crippen molar-refractivity contribution in [3.63, 3.8) is 0 Å². The minimum absolute atomic E-state index is 0.540. The molecule has 7 nitrogen and oxygen atoms in total. The summed E-state index contributed by atoms with van der Waals surface area (Å²) in [5.74, 6) is 1.60. The number of nitrogens with zero attached hydrogens (tertiary/aromatic N) is 5. The van der Waals surface area contributed by atoms with Crippen molar-refractivity contribution in [1.29, 1.82) is 0 Å². The smallest absolute Gasteiger partial charge is 0.229 e. The Bertz CT molecular complexity index is 865. The second-order valence-corrected chi connectivity index (χ2v) is 8.20. The van der Waals surface area contributed by atoms with Gasteiger partial charge in [-0.15, -0.1) is 0 Å². The van der Waals surface area contributed by atoms with Crippen LogP contribution in [0.1, 0.15) is 25.7 Å². The molecule has 2 fully saturated rings. The van der Waals surface area contributed by atoms with Gasteiger partial charge in [-0.3, -0.25) is 0 Å². The van der Waals surface area contributed by atoms with Crippen molar-refractivity contribution in [1.82, 2.24) is 14.9 Å². The maximum absolute atomic E-state index is 4.83. The number of benzene rings is 1. The summed E-state index contributed by atoms with van der Waals surface area (Å²) < 4.78 is 0. The summed E-state index contributed by atoms with van der Waals surface area (Å²) >= 11 is 0. The van der Waals surface area contributed by atoms with Crippen molar-refractivity contribution >= 4 is 28.8 Å². The van der Waals surface area contributed by atoms with Gasteiger partial charge in [0.1, 0.15) is 5.69 Å². The number of aromatic nitrogens is 2. The van der Waals surface area contributed by atoms with Crippen molar-refractivity contribution in [2.24, 2.45) is 0 Å². The first-order valence-electron chi connectivity index (χ1n) is 10.7. The van der Waals surface area contributed by atoms with Crippen LogP contribution in [0, 0.1) is 0 Å². The van der Waals surface area contributed by atoms with Crippen LogP contribution in [-0.4, -0.2) is 54.1 Å². The second-order valence-electron chi connectivity index (χ2n) is 8.20. The van der Waals surface area contributed by atoms with Gasteiger partial charge in [-0.05, 0) is 44.2 Å². The quantitative estimate of drug-likeness (QED) is 0.825. The lowest BCUT2D eigenvalue weighted by Crippen LogP contribution is -2.44. The number of rotatable bonds is 4. The van der Waals surface area contributed by atoms with E-state index < -0.39 is 0 Å². The highest BCUT2D eigenvalue weighted by Gasteiger charge is 2.26. The molecule has 7 heteroatoms. The van der Waals surface area contributed by atoms with Crippen molar-refractivity contribution in [2.75, 3.05) is 53.7 Å². The molecule has 2 aliphatic heterocycles. The third-order valence-corrected chi connectivity index (χ3v) is 6.20. The van der Waals surface area contributed by atoms with Crippen molar-refractivity contribution in [3.8, 4) is 0 Å². The minimum atomic E-state index is 0.540. The molecular formula is C22H29N7. The highest BCUT2D eigenvalue weighted by atomic mass is 15.3. The van der Waals surface area contributed by atoms with Gasteiger partial charge in [-0.25, -0.2) is 4.98 Å². The van der Waals surface area contributed by atoms with Crippen molar-refractivity contribution < 1.29 is 0 Å². The molecule has 1 saturated carbocycles. The van der Waals surface area contributed by atoms with E-state index in [9.17, 15) is 0 Å². The van der Waals surface area contributed by atoms with Crippen molar-refractivity contribution in [2.45, 2.75) is 31.7 Å². The van der Waals surface area contributed by atoms with Crippen LogP contribution in [0.2, 0.25) is 0 Å². The van der Waals surface area contributed by atoms with Gasteiger partial charge in [0.2, 0.25) is 5.95 Å². The molecule has 0 atom stereocenters. The van der Waals surface area contributed by atoms with Crippen LogP contribution in [-0.2, 0) is 0 Å². The largest absolute Gasteiger partial charge is 0.369 e. The second kappa shape index (κ2) is 7.91. The molecule has 29 heavy (non-hydrogen) atoms. The predicted molar refractivity (Wildman–Crippen MR) is 119 cm³/mol. The summed E-state index contributed by atoms with van der Waals surface area (Å²) in [6.07, 6.45) is 11.0. The number of nitrogens with one attached hydrogen (secondary N) is 2. The Morgan fingerprint density at radius 3 is 2.55 bits per heavy atom. The summed E-state index contributed by atoms with van der Waals surface area (Å²) in [6.45, 7) is 4.38. The van der Waals surface area contributed by atoms with Gasteiger partial charge in [0.05, 0.1) is 6.20 Å². The average Bonchev–Trinajstić information content (AvgIpc) is 3.29. The number of anilines is 5. The summed E-state index contributed by atoms with van der Waals surface area (Å²) in [6, 6.07) is 9.13. The number of hydrogen-bond acceptors (Lipinski definition) is 7. The van der Waals surface area contributed by atoms with E-state index in [4.69, 9.17) is 4.98 Å². The summed E-state index contributed by atoms with van der Waals surface area (Å²) in [5, 5.41) is 6.64. The van der Waals surface area contributed by atoms with E-state index in [-0.39, 0.29) is 0 Å². The molecule has 5 rings (SSSR count). The first kappa shape index (κ1) is 18.2. The van der Waals surface area contributed by atoms with E-state index in [2.05, 4.69) is 67.8 Å². The Balaban J connectivity index is 1.30. The maximum Gasteiger partial charge on any atom is 0.229 e. The van der Waals surface area contributed by atoms with Crippen LogP contribution in [0.25, 0.3) is 0 Å². The zero-order valence-electron chi connectivity index (χ0n) is 17.0. The predicted octanol–water partition coefficient (Wildman–Crippen LogP) is 3.62. The number of hydrogen-bond donors (Lipinski definition) is 2. The van der Waals surface area contributed by atoms with Crippen LogP contribution in [0.15, 0.2) is 42.9 Å². The standard InChI is InChI=1S/C22H29N7/c1-27-12-14-28(15-13-27)18-8-6-17(7-9-18)25-22-24-16-20-21(26-22)29(11-10-23-20)19-4-2-3-5-19/h6-11,16,19,23H,2-5,12-15H2,1H3,(H,24,25,26). The van der Waals surface area contributed by atoms with Gasteiger partial charge in [0.15, 0.2) is 5.82 Å². The van der Waals surface area contributed by atoms with E-state index in [1.807, 2.05) is 12.4 Å². The maximum atomic E-state index is 4.83. The van der Waals surface area contributed by atoms with Gasteiger partial charge in [0.25, 0.3) is 0 Å². The lowest BCUT2D eigenvalue weighted by molar-refractivity contribution is 0.313. The fourth-order valence-corrected chi connectivity index (χ4v) is 4.44. The summed E-state index contributed by atoms with van der Waals surface area (Å²) in [5.41, 5.74) is 3.25. The molecule has 2 N–H and O–H groups in total. The lowest BCUT2D eigenvalue weighted by Gasteiger charge is -2.34. The van der Waals surface area contributed by atoms with Gasteiger partial charge in [0, 0.05) is 56.0 Å². The fraction of sp³-hybridized carbons (Fsp3) is 0.455.